The van der Waals surface area contributed by atoms with Gasteiger partial charge < -0.3 is 10.2 Å². The normalized spacial score (nSPS) is 23.1. The summed E-state index contributed by atoms with van der Waals surface area (Å²) in [7, 11) is 2.02. The number of rotatable bonds is 3. The Kier molecular flexibility index (Phi) is 3.06. The fraction of sp³-hybridized carbons (Fsp3) is 0.625. The molecule has 1 heterocycles. The summed E-state index contributed by atoms with van der Waals surface area (Å²) in [5.74, 6) is 0. The standard InChI is InChI=1S/C16H24N2/c1-13(17-2)14-6-5-7-15(10-14)18-11-16(12-18)8-3-4-9-16/h5-7,10,13,17H,3-4,8-9,11-12H2,1-2H3. The Morgan fingerprint density at radius 1 is 1.22 bits per heavy atom. The van der Waals surface area contributed by atoms with Crippen molar-refractivity contribution in [3.8, 4) is 0 Å². The van der Waals surface area contributed by atoms with E-state index in [0.29, 0.717) is 11.5 Å². The van der Waals surface area contributed by atoms with E-state index in [1.54, 1.807) is 0 Å². The van der Waals surface area contributed by atoms with Gasteiger partial charge in [-0.2, -0.15) is 0 Å². The van der Waals surface area contributed by atoms with Crippen molar-refractivity contribution >= 4 is 5.69 Å². The molecule has 0 amide bonds. The second-order valence-corrected chi connectivity index (χ2v) is 6.17. The molecule has 1 atom stereocenters. The fourth-order valence-electron chi connectivity index (χ4n) is 3.54. The van der Waals surface area contributed by atoms with Crippen molar-refractivity contribution in [2.24, 2.45) is 5.41 Å². The Bertz CT molecular complexity index is 413. The topological polar surface area (TPSA) is 15.3 Å². The summed E-state index contributed by atoms with van der Waals surface area (Å²) in [4.78, 5) is 2.55. The first-order valence-corrected chi connectivity index (χ1v) is 7.25. The third kappa shape index (κ3) is 2.03. The summed E-state index contributed by atoms with van der Waals surface area (Å²) in [6.07, 6.45) is 5.81. The van der Waals surface area contributed by atoms with Crippen molar-refractivity contribution in [2.75, 3.05) is 25.0 Å². The molecule has 98 valence electrons. The highest BCUT2D eigenvalue weighted by Crippen LogP contribution is 2.47. The van der Waals surface area contributed by atoms with Crippen LogP contribution in [0.3, 0.4) is 0 Å². The molecule has 1 aliphatic heterocycles. The Morgan fingerprint density at radius 3 is 2.61 bits per heavy atom. The minimum Gasteiger partial charge on any atom is -0.370 e. The maximum Gasteiger partial charge on any atom is 0.0369 e. The summed E-state index contributed by atoms with van der Waals surface area (Å²) in [5, 5.41) is 3.31. The summed E-state index contributed by atoms with van der Waals surface area (Å²) >= 11 is 0. The van der Waals surface area contributed by atoms with Crippen LogP contribution in [0.1, 0.15) is 44.2 Å². The molecule has 2 heteroatoms. The monoisotopic (exact) mass is 244 g/mol. The molecule has 1 saturated carbocycles. The summed E-state index contributed by atoms with van der Waals surface area (Å²) < 4.78 is 0. The van der Waals surface area contributed by atoms with Crippen LogP contribution in [0.5, 0.6) is 0 Å². The SMILES string of the molecule is CNC(C)c1cccc(N2CC3(CCCC3)C2)c1. The highest BCUT2D eigenvalue weighted by Gasteiger charge is 2.44. The van der Waals surface area contributed by atoms with Gasteiger partial charge in [-0.05, 0) is 44.5 Å². The lowest BCUT2D eigenvalue weighted by Gasteiger charge is -2.50. The van der Waals surface area contributed by atoms with Gasteiger partial charge in [0, 0.05) is 30.2 Å². The van der Waals surface area contributed by atoms with Gasteiger partial charge in [0.05, 0.1) is 0 Å². The van der Waals surface area contributed by atoms with E-state index in [9.17, 15) is 0 Å². The molecule has 1 spiro atoms. The summed E-state index contributed by atoms with van der Waals surface area (Å²) in [6.45, 7) is 4.78. The maximum atomic E-state index is 3.31. The Labute approximate surface area is 110 Å². The van der Waals surface area contributed by atoms with Gasteiger partial charge in [0.15, 0.2) is 0 Å². The van der Waals surface area contributed by atoms with Crippen molar-refractivity contribution in [1.29, 1.82) is 0 Å². The zero-order valence-corrected chi connectivity index (χ0v) is 11.6. The molecule has 1 aliphatic carbocycles. The van der Waals surface area contributed by atoms with Crippen LogP contribution in [-0.2, 0) is 0 Å². The van der Waals surface area contributed by atoms with Gasteiger partial charge in [-0.1, -0.05) is 25.0 Å². The number of hydrogen-bond acceptors (Lipinski definition) is 2. The Morgan fingerprint density at radius 2 is 1.94 bits per heavy atom. The van der Waals surface area contributed by atoms with E-state index in [4.69, 9.17) is 0 Å². The Hall–Kier alpha value is -1.02. The lowest BCUT2D eigenvalue weighted by molar-refractivity contribution is 0.222. The van der Waals surface area contributed by atoms with Gasteiger partial charge >= 0.3 is 0 Å². The van der Waals surface area contributed by atoms with Gasteiger partial charge in [0.2, 0.25) is 0 Å². The van der Waals surface area contributed by atoms with E-state index in [-0.39, 0.29) is 0 Å². The largest absolute Gasteiger partial charge is 0.370 e. The fourth-order valence-corrected chi connectivity index (χ4v) is 3.54. The predicted octanol–water partition coefficient (Wildman–Crippen LogP) is 3.35. The van der Waals surface area contributed by atoms with E-state index in [1.807, 2.05) is 7.05 Å². The molecule has 1 N–H and O–H groups in total. The van der Waals surface area contributed by atoms with Crippen molar-refractivity contribution in [1.82, 2.24) is 5.32 Å². The van der Waals surface area contributed by atoms with Crippen LogP contribution in [0.4, 0.5) is 5.69 Å². The second kappa shape index (κ2) is 4.58. The van der Waals surface area contributed by atoms with Gasteiger partial charge in [-0.15, -0.1) is 0 Å². The van der Waals surface area contributed by atoms with E-state index in [0.717, 1.165) is 0 Å². The molecule has 0 radical (unpaired) electrons. The molecule has 2 fully saturated rings. The maximum absolute atomic E-state index is 3.31. The van der Waals surface area contributed by atoms with Gasteiger partial charge in [-0.3, -0.25) is 0 Å². The van der Waals surface area contributed by atoms with Crippen LogP contribution in [0.25, 0.3) is 0 Å². The first-order valence-electron chi connectivity index (χ1n) is 7.25. The average Bonchev–Trinajstić information content (AvgIpc) is 2.85. The van der Waals surface area contributed by atoms with Crippen molar-refractivity contribution in [3.63, 3.8) is 0 Å². The summed E-state index contributed by atoms with van der Waals surface area (Å²) in [5.41, 5.74) is 3.49. The van der Waals surface area contributed by atoms with E-state index >= 15 is 0 Å². The smallest absolute Gasteiger partial charge is 0.0369 e. The minimum absolute atomic E-state index is 0.437. The molecular weight excluding hydrogens is 220 g/mol. The molecule has 1 unspecified atom stereocenters. The van der Waals surface area contributed by atoms with Gasteiger partial charge in [0.1, 0.15) is 0 Å². The van der Waals surface area contributed by atoms with Gasteiger partial charge in [0.25, 0.3) is 0 Å². The molecule has 18 heavy (non-hydrogen) atoms. The van der Waals surface area contributed by atoms with E-state index < -0.39 is 0 Å². The average molecular weight is 244 g/mol. The highest BCUT2D eigenvalue weighted by molar-refractivity contribution is 5.52. The zero-order valence-electron chi connectivity index (χ0n) is 11.6. The molecule has 1 aromatic carbocycles. The van der Waals surface area contributed by atoms with Crippen LogP contribution >= 0.6 is 0 Å². The first-order chi connectivity index (χ1) is 8.72. The molecule has 1 saturated heterocycles. The van der Waals surface area contributed by atoms with E-state index in [2.05, 4.69) is 41.4 Å². The third-order valence-electron chi connectivity index (χ3n) is 4.89. The summed E-state index contributed by atoms with van der Waals surface area (Å²) in [6, 6.07) is 9.46. The van der Waals surface area contributed by atoms with Crippen molar-refractivity contribution in [3.05, 3.63) is 29.8 Å². The quantitative estimate of drug-likeness (QED) is 0.877. The molecule has 2 aliphatic rings. The number of hydrogen-bond donors (Lipinski definition) is 1. The molecule has 3 rings (SSSR count). The molecule has 2 nitrogen and oxygen atoms in total. The van der Waals surface area contributed by atoms with Crippen LogP contribution in [0.2, 0.25) is 0 Å². The Balaban J connectivity index is 1.70. The minimum atomic E-state index is 0.437. The number of nitrogens with one attached hydrogen (secondary N) is 1. The molecular formula is C16H24N2. The van der Waals surface area contributed by atoms with Crippen molar-refractivity contribution in [2.45, 2.75) is 38.6 Å². The van der Waals surface area contributed by atoms with Crippen LogP contribution < -0.4 is 10.2 Å². The number of nitrogens with zero attached hydrogens (tertiary/aromatic N) is 1. The second-order valence-electron chi connectivity index (χ2n) is 6.17. The van der Waals surface area contributed by atoms with Crippen LogP contribution in [0.15, 0.2) is 24.3 Å². The lowest BCUT2D eigenvalue weighted by atomic mass is 9.78. The molecule has 1 aromatic rings. The molecule has 0 aromatic heterocycles. The zero-order chi connectivity index (χ0) is 12.6. The predicted molar refractivity (Wildman–Crippen MR) is 77.0 cm³/mol. The molecule has 0 bridgehead atoms. The van der Waals surface area contributed by atoms with Gasteiger partial charge in [-0.25, -0.2) is 0 Å². The number of anilines is 1. The third-order valence-corrected chi connectivity index (χ3v) is 4.89. The van der Waals surface area contributed by atoms with E-state index in [1.165, 1.54) is 50.0 Å². The van der Waals surface area contributed by atoms with Crippen molar-refractivity contribution < 1.29 is 0 Å². The number of benzene rings is 1. The highest BCUT2D eigenvalue weighted by atomic mass is 15.2. The first kappa shape index (κ1) is 12.0. The lowest BCUT2D eigenvalue weighted by Crippen LogP contribution is -2.55. The van der Waals surface area contributed by atoms with Crippen LogP contribution in [0, 0.1) is 5.41 Å². The van der Waals surface area contributed by atoms with Crippen LogP contribution in [-0.4, -0.2) is 20.1 Å².